The third-order valence-electron chi connectivity index (χ3n) is 7.89. The minimum Gasteiger partial charge on any atom is -0.343 e. The fourth-order valence-electron chi connectivity index (χ4n) is 5.97. The lowest BCUT2D eigenvalue weighted by Crippen LogP contribution is -2.45. The molecule has 0 aliphatic carbocycles. The lowest BCUT2D eigenvalue weighted by molar-refractivity contribution is 0.598. The molecule has 1 N–H and O–H groups in total. The molecule has 6 heterocycles. The summed E-state index contributed by atoms with van der Waals surface area (Å²) in [4.78, 5) is 24.9. The Morgan fingerprint density at radius 2 is 1.60 bits per heavy atom. The van der Waals surface area contributed by atoms with Crippen LogP contribution in [0, 0.1) is 0 Å². The molecule has 0 fully saturated rings. The van der Waals surface area contributed by atoms with Gasteiger partial charge in [0.1, 0.15) is 5.82 Å². The number of pyridine rings is 1. The van der Waals surface area contributed by atoms with Crippen molar-refractivity contribution in [3.05, 3.63) is 85.3 Å². The number of H-pyrrole nitrogens is 1. The number of hydrogen-bond donors (Lipinski definition) is 1. The molecule has 2 aliphatic rings. The summed E-state index contributed by atoms with van der Waals surface area (Å²) in [6, 6.07) is 25.1. The van der Waals surface area contributed by atoms with Crippen molar-refractivity contribution in [3.8, 4) is 11.3 Å². The number of nitrogens with zero attached hydrogens (tertiary/aromatic N) is 9. The Kier molecular flexibility index (Phi) is 4.75. The molecule has 0 unspecified atom stereocenters. The molecule has 10 heteroatoms. The number of aryl methyl sites for hydroxylation is 1. The number of aromatic amines is 1. The third kappa shape index (κ3) is 3.13. The summed E-state index contributed by atoms with van der Waals surface area (Å²) in [7, 11) is 6.24. The zero-order chi connectivity index (χ0) is 27.0. The van der Waals surface area contributed by atoms with Gasteiger partial charge in [0.15, 0.2) is 17.3 Å². The fourth-order valence-corrected chi connectivity index (χ4v) is 5.97. The zero-order valence-corrected chi connectivity index (χ0v) is 22.5. The lowest BCUT2D eigenvalue weighted by Gasteiger charge is -2.39. The molecule has 2 aromatic carbocycles. The molecule has 40 heavy (non-hydrogen) atoms. The van der Waals surface area contributed by atoms with Gasteiger partial charge in [-0.15, -0.1) is 0 Å². The second kappa shape index (κ2) is 8.37. The highest BCUT2D eigenvalue weighted by molar-refractivity contribution is 5.96. The van der Waals surface area contributed by atoms with E-state index in [1.807, 2.05) is 23.7 Å². The Labute approximate surface area is 231 Å². The number of likely N-dealkylation sites (N-methyl/N-ethyl adjacent to an activating group) is 1. The van der Waals surface area contributed by atoms with Gasteiger partial charge in [-0.05, 0) is 36.4 Å². The molecule has 6 aromatic rings. The van der Waals surface area contributed by atoms with Gasteiger partial charge in [-0.25, -0.2) is 14.6 Å². The van der Waals surface area contributed by atoms with Gasteiger partial charge in [0.2, 0.25) is 5.95 Å². The van der Waals surface area contributed by atoms with Crippen LogP contribution in [0.4, 0.5) is 40.5 Å². The first kappa shape index (κ1) is 22.7. The number of aromatic nitrogens is 6. The summed E-state index contributed by atoms with van der Waals surface area (Å²) >= 11 is 0. The highest BCUT2D eigenvalue weighted by atomic mass is 15.7. The number of hydrogen-bond acceptors (Lipinski definition) is 7. The summed E-state index contributed by atoms with van der Waals surface area (Å²) in [5.74, 6) is 3.60. The second-order valence-corrected chi connectivity index (χ2v) is 10.3. The number of imidazole rings is 2. The smallest absolute Gasteiger partial charge is 0.234 e. The molecule has 0 amide bonds. The van der Waals surface area contributed by atoms with Gasteiger partial charge in [-0.2, -0.15) is 4.98 Å². The molecule has 198 valence electrons. The summed E-state index contributed by atoms with van der Waals surface area (Å²) in [5.41, 5.74) is 7.11. The summed E-state index contributed by atoms with van der Waals surface area (Å²) in [6.45, 7) is 1.58. The Morgan fingerprint density at radius 1 is 0.800 bits per heavy atom. The van der Waals surface area contributed by atoms with Gasteiger partial charge in [0.05, 0.1) is 35.5 Å². The molecule has 2 aliphatic heterocycles. The monoisotopic (exact) mass is 528 g/mol. The summed E-state index contributed by atoms with van der Waals surface area (Å²) < 4.78 is 4.24. The van der Waals surface area contributed by atoms with Gasteiger partial charge in [-0.1, -0.05) is 36.4 Å². The molecule has 4 aromatic heterocycles. The van der Waals surface area contributed by atoms with Crippen molar-refractivity contribution in [2.45, 2.75) is 0 Å². The topological polar surface area (TPSA) is 77.3 Å². The van der Waals surface area contributed by atoms with Crippen LogP contribution < -0.4 is 19.7 Å². The molecular formula is C30H28N10. The number of nitrogens with one attached hydrogen (secondary N) is 1. The Morgan fingerprint density at radius 3 is 2.45 bits per heavy atom. The Hall–Kier alpha value is -5.25. The predicted molar refractivity (Wildman–Crippen MR) is 159 cm³/mol. The average molecular weight is 529 g/mol. The lowest BCUT2D eigenvalue weighted by atomic mass is 10.1. The van der Waals surface area contributed by atoms with Crippen LogP contribution in [0.5, 0.6) is 0 Å². The number of rotatable bonds is 3. The van der Waals surface area contributed by atoms with E-state index >= 15 is 0 Å². The second-order valence-electron chi connectivity index (χ2n) is 10.3. The fraction of sp³-hybridized carbons (Fsp3) is 0.167. The van der Waals surface area contributed by atoms with Gasteiger partial charge in [0, 0.05) is 45.1 Å². The van der Waals surface area contributed by atoms with Crippen molar-refractivity contribution < 1.29 is 0 Å². The molecule has 0 radical (unpaired) electrons. The molecule has 0 bridgehead atoms. The third-order valence-corrected chi connectivity index (χ3v) is 7.89. The van der Waals surface area contributed by atoms with E-state index in [2.05, 4.69) is 115 Å². The Balaban J connectivity index is 1.30. The van der Waals surface area contributed by atoms with E-state index in [1.54, 1.807) is 6.33 Å². The van der Waals surface area contributed by atoms with Crippen molar-refractivity contribution >= 4 is 51.6 Å². The number of para-hydroxylation sites is 3. The normalized spacial score (nSPS) is 14.5. The highest BCUT2D eigenvalue weighted by Crippen LogP contribution is 2.52. The maximum absolute atomic E-state index is 5.33. The van der Waals surface area contributed by atoms with Crippen molar-refractivity contribution in [3.63, 3.8) is 0 Å². The van der Waals surface area contributed by atoms with Crippen LogP contribution in [0.1, 0.15) is 0 Å². The largest absolute Gasteiger partial charge is 0.343 e. The van der Waals surface area contributed by atoms with E-state index in [0.29, 0.717) is 0 Å². The van der Waals surface area contributed by atoms with E-state index in [0.717, 1.165) is 76.0 Å². The van der Waals surface area contributed by atoms with Gasteiger partial charge in [0.25, 0.3) is 0 Å². The van der Waals surface area contributed by atoms with Crippen LogP contribution in [0.25, 0.3) is 22.4 Å². The van der Waals surface area contributed by atoms with Gasteiger partial charge in [-0.3, -0.25) is 9.80 Å². The van der Waals surface area contributed by atoms with Gasteiger partial charge < -0.3 is 19.5 Å². The van der Waals surface area contributed by atoms with Gasteiger partial charge >= 0.3 is 0 Å². The van der Waals surface area contributed by atoms with Crippen LogP contribution >= 0.6 is 0 Å². The number of benzene rings is 2. The van der Waals surface area contributed by atoms with Crippen molar-refractivity contribution in [2.24, 2.45) is 7.05 Å². The minimum absolute atomic E-state index is 0.763. The first-order valence-corrected chi connectivity index (χ1v) is 13.4. The summed E-state index contributed by atoms with van der Waals surface area (Å²) in [6.07, 6.45) is 3.81. The van der Waals surface area contributed by atoms with E-state index in [1.165, 1.54) is 0 Å². The number of anilines is 7. The quantitative estimate of drug-likeness (QED) is 0.328. The summed E-state index contributed by atoms with van der Waals surface area (Å²) in [5, 5.41) is 2.24. The van der Waals surface area contributed by atoms with E-state index in [-0.39, 0.29) is 0 Å². The predicted octanol–water partition coefficient (Wildman–Crippen LogP) is 5.43. The van der Waals surface area contributed by atoms with Crippen LogP contribution in [0.3, 0.4) is 0 Å². The number of fused-ring (bicyclic) bond motifs is 5. The van der Waals surface area contributed by atoms with Crippen LogP contribution in [0.15, 0.2) is 85.3 Å². The maximum Gasteiger partial charge on any atom is 0.234 e. The molecule has 0 atom stereocenters. The van der Waals surface area contributed by atoms with Crippen LogP contribution in [-0.2, 0) is 7.05 Å². The zero-order valence-electron chi connectivity index (χ0n) is 22.5. The molecule has 0 saturated heterocycles. The average Bonchev–Trinajstić information content (AvgIpc) is 3.70. The van der Waals surface area contributed by atoms with Crippen LogP contribution in [-0.4, -0.2) is 56.4 Å². The molecule has 0 spiro atoms. The SMILES string of the molecule is CN1c2ccccc2N(c2ccccc2)c2nc3n(c21)N(C)CCN3c1cccc(-c2cn(C)c3nc[nH]c23)n1. The molecular weight excluding hydrogens is 500 g/mol. The first-order chi connectivity index (χ1) is 19.6. The van der Waals surface area contributed by atoms with Crippen LogP contribution in [0.2, 0.25) is 0 Å². The minimum atomic E-state index is 0.763. The molecule has 0 saturated carbocycles. The van der Waals surface area contributed by atoms with Crippen molar-refractivity contribution in [1.82, 2.24) is 29.2 Å². The standard InChI is InChI=1S/C30H28N10/c1-35-18-21(26-27(35)32-19-31-26)22-12-9-15-25(33-22)38-17-16-36(2)40-29-28(34-30(38)40)39(20-10-5-4-6-11-20)24-14-8-7-13-23(24)37(29)3/h4-15,18-19H,16-17H2,1-3H3,(H,31,32). The van der Waals surface area contributed by atoms with E-state index in [4.69, 9.17) is 9.97 Å². The van der Waals surface area contributed by atoms with Crippen molar-refractivity contribution in [2.75, 3.05) is 46.9 Å². The van der Waals surface area contributed by atoms with Crippen molar-refractivity contribution in [1.29, 1.82) is 0 Å². The molecule has 8 rings (SSSR count). The maximum atomic E-state index is 5.33. The first-order valence-electron chi connectivity index (χ1n) is 13.4. The van der Waals surface area contributed by atoms with E-state index in [9.17, 15) is 0 Å². The van der Waals surface area contributed by atoms with E-state index < -0.39 is 0 Å². The molecule has 10 nitrogen and oxygen atoms in total. The Bertz CT molecular complexity index is 1880. The highest BCUT2D eigenvalue weighted by Gasteiger charge is 2.38.